The van der Waals surface area contributed by atoms with Gasteiger partial charge in [0.2, 0.25) is 0 Å². The number of para-hydroxylation sites is 1. The minimum absolute atomic E-state index is 1.05. The van der Waals surface area contributed by atoms with Gasteiger partial charge >= 0.3 is 0 Å². The largest absolute Gasteiger partial charge is 0.378 e. The van der Waals surface area contributed by atoms with E-state index in [9.17, 15) is 0 Å². The second kappa shape index (κ2) is 6.84. The summed E-state index contributed by atoms with van der Waals surface area (Å²) in [5.41, 5.74) is 4.01. The minimum atomic E-state index is 1.05. The van der Waals surface area contributed by atoms with Crippen molar-refractivity contribution in [2.75, 3.05) is 50.1 Å². The lowest BCUT2D eigenvalue weighted by Gasteiger charge is -2.36. The Morgan fingerprint density at radius 3 is 2.05 bits per heavy atom. The molecule has 0 saturated carbocycles. The van der Waals surface area contributed by atoms with E-state index >= 15 is 0 Å². The van der Waals surface area contributed by atoms with E-state index in [0.717, 1.165) is 32.7 Å². The smallest absolute Gasteiger partial charge is 0.0367 e. The molecule has 0 N–H and O–H groups in total. The Morgan fingerprint density at radius 1 is 0.818 bits per heavy atom. The van der Waals surface area contributed by atoms with Gasteiger partial charge in [0, 0.05) is 58.2 Å². The van der Waals surface area contributed by atoms with E-state index in [-0.39, 0.29) is 0 Å². The van der Waals surface area contributed by atoms with Gasteiger partial charge in [0.05, 0.1) is 0 Å². The van der Waals surface area contributed by atoms with Crippen LogP contribution in [-0.2, 0) is 6.54 Å². The number of anilines is 2. The zero-order valence-corrected chi connectivity index (χ0v) is 13.6. The van der Waals surface area contributed by atoms with Crippen LogP contribution in [0.4, 0.5) is 11.4 Å². The third-order valence-corrected chi connectivity index (χ3v) is 4.35. The van der Waals surface area contributed by atoms with Crippen molar-refractivity contribution in [3.05, 3.63) is 60.2 Å². The van der Waals surface area contributed by atoms with Crippen molar-refractivity contribution >= 4 is 11.4 Å². The first-order valence-corrected chi connectivity index (χ1v) is 8.01. The Labute approximate surface area is 133 Å². The summed E-state index contributed by atoms with van der Waals surface area (Å²) in [6.45, 7) is 5.53. The summed E-state index contributed by atoms with van der Waals surface area (Å²) in [6, 6.07) is 19.6. The zero-order valence-electron chi connectivity index (χ0n) is 13.6. The highest BCUT2D eigenvalue weighted by Gasteiger charge is 2.17. The van der Waals surface area contributed by atoms with Crippen LogP contribution in [0.5, 0.6) is 0 Å². The lowest BCUT2D eigenvalue weighted by atomic mass is 10.1. The summed E-state index contributed by atoms with van der Waals surface area (Å²) in [5.74, 6) is 0. The molecule has 1 fully saturated rings. The molecule has 3 rings (SSSR count). The van der Waals surface area contributed by atoms with E-state index in [4.69, 9.17) is 0 Å². The van der Waals surface area contributed by atoms with Crippen LogP contribution in [0.15, 0.2) is 54.6 Å². The van der Waals surface area contributed by atoms with Gasteiger partial charge in [0.1, 0.15) is 0 Å². The number of rotatable bonds is 4. The van der Waals surface area contributed by atoms with Gasteiger partial charge in [-0.1, -0.05) is 30.3 Å². The molecule has 0 aliphatic carbocycles. The number of hydrogen-bond donors (Lipinski definition) is 0. The number of piperazine rings is 1. The van der Waals surface area contributed by atoms with Crippen molar-refractivity contribution in [1.82, 2.24) is 4.90 Å². The molecular weight excluding hydrogens is 270 g/mol. The standard InChI is InChI=1S/C19H25N3/c1-20(2)18-10-8-17(9-11-18)16-21-12-14-22(15-13-21)19-6-4-3-5-7-19/h3-11H,12-16H2,1-2H3. The van der Waals surface area contributed by atoms with E-state index < -0.39 is 0 Å². The molecule has 3 heteroatoms. The average molecular weight is 295 g/mol. The molecule has 116 valence electrons. The molecule has 1 aliphatic heterocycles. The maximum absolute atomic E-state index is 2.55. The molecule has 0 aromatic heterocycles. The van der Waals surface area contributed by atoms with Crippen LogP contribution in [0.2, 0.25) is 0 Å². The average Bonchev–Trinajstić information content (AvgIpc) is 2.57. The summed E-state index contributed by atoms with van der Waals surface area (Å²) in [4.78, 5) is 7.16. The third-order valence-electron chi connectivity index (χ3n) is 4.35. The van der Waals surface area contributed by atoms with Gasteiger partial charge in [0.15, 0.2) is 0 Å². The monoisotopic (exact) mass is 295 g/mol. The number of benzene rings is 2. The van der Waals surface area contributed by atoms with E-state index in [1.807, 2.05) is 0 Å². The van der Waals surface area contributed by atoms with Crippen molar-refractivity contribution in [3.8, 4) is 0 Å². The molecule has 0 bridgehead atoms. The van der Waals surface area contributed by atoms with Crippen LogP contribution >= 0.6 is 0 Å². The Balaban J connectivity index is 1.53. The first-order valence-electron chi connectivity index (χ1n) is 8.01. The van der Waals surface area contributed by atoms with Gasteiger partial charge in [-0.3, -0.25) is 4.90 Å². The molecule has 0 spiro atoms. The van der Waals surface area contributed by atoms with Crippen LogP contribution in [0.3, 0.4) is 0 Å². The van der Waals surface area contributed by atoms with E-state index in [1.165, 1.54) is 16.9 Å². The SMILES string of the molecule is CN(C)c1ccc(CN2CCN(c3ccccc3)CC2)cc1. The fourth-order valence-electron chi connectivity index (χ4n) is 2.96. The normalized spacial score (nSPS) is 15.8. The van der Waals surface area contributed by atoms with E-state index in [1.54, 1.807) is 0 Å². The molecule has 22 heavy (non-hydrogen) atoms. The quantitative estimate of drug-likeness (QED) is 0.858. The van der Waals surface area contributed by atoms with Crippen molar-refractivity contribution in [2.24, 2.45) is 0 Å². The van der Waals surface area contributed by atoms with Crippen molar-refractivity contribution < 1.29 is 0 Å². The molecule has 0 atom stereocenters. The summed E-state index contributed by atoms with van der Waals surface area (Å²) < 4.78 is 0. The number of hydrogen-bond acceptors (Lipinski definition) is 3. The second-order valence-corrected chi connectivity index (χ2v) is 6.16. The zero-order chi connectivity index (χ0) is 15.4. The summed E-state index contributed by atoms with van der Waals surface area (Å²) in [7, 11) is 4.16. The fraction of sp³-hybridized carbons (Fsp3) is 0.368. The third kappa shape index (κ3) is 3.60. The van der Waals surface area contributed by atoms with Gasteiger partial charge < -0.3 is 9.80 Å². The van der Waals surface area contributed by atoms with Crippen LogP contribution < -0.4 is 9.80 Å². The second-order valence-electron chi connectivity index (χ2n) is 6.16. The molecule has 0 radical (unpaired) electrons. The predicted molar refractivity (Wildman–Crippen MR) is 94.7 cm³/mol. The topological polar surface area (TPSA) is 9.72 Å². The predicted octanol–water partition coefficient (Wildman–Crippen LogP) is 3.07. The molecule has 2 aromatic carbocycles. The molecule has 3 nitrogen and oxygen atoms in total. The van der Waals surface area contributed by atoms with Crippen molar-refractivity contribution in [1.29, 1.82) is 0 Å². The Hall–Kier alpha value is -2.00. The first-order chi connectivity index (χ1) is 10.7. The highest BCUT2D eigenvalue weighted by molar-refractivity contribution is 5.47. The summed E-state index contributed by atoms with van der Waals surface area (Å²) in [6.07, 6.45) is 0. The highest BCUT2D eigenvalue weighted by atomic mass is 15.3. The van der Waals surface area contributed by atoms with Gasteiger partial charge in [-0.05, 0) is 29.8 Å². The van der Waals surface area contributed by atoms with Crippen LogP contribution in [-0.4, -0.2) is 45.2 Å². The molecule has 0 unspecified atom stereocenters. The highest BCUT2D eigenvalue weighted by Crippen LogP contribution is 2.18. The Morgan fingerprint density at radius 2 is 1.45 bits per heavy atom. The van der Waals surface area contributed by atoms with Gasteiger partial charge in [0.25, 0.3) is 0 Å². The van der Waals surface area contributed by atoms with Gasteiger partial charge in [-0.25, -0.2) is 0 Å². The molecular formula is C19H25N3. The maximum atomic E-state index is 2.55. The minimum Gasteiger partial charge on any atom is -0.378 e. The van der Waals surface area contributed by atoms with E-state index in [2.05, 4.69) is 83.4 Å². The first kappa shape index (κ1) is 14.9. The summed E-state index contributed by atoms with van der Waals surface area (Å²) >= 11 is 0. The molecule has 1 heterocycles. The van der Waals surface area contributed by atoms with E-state index in [0.29, 0.717) is 0 Å². The molecule has 1 aliphatic rings. The van der Waals surface area contributed by atoms with Crippen LogP contribution in [0.25, 0.3) is 0 Å². The van der Waals surface area contributed by atoms with Crippen molar-refractivity contribution in [2.45, 2.75) is 6.54 Å². The number of nitrogens with zero attached hydrogens (tertiary/aromatic N) is 3. The van der Waals surface area contributed by atoms with Crippen molar-refractivity contribution in [3.63, 3.8) is 0 Å². The molecule has 0 amide bonds. The maximum Gasteiger partial charge on any atom is 0.0367 e. The van der Waals surface area contributed by atoms with Crippen LogP contribution in [0, 0.1) is 0 Å². The van der Waals surface area contributed by atoms with Crippen LogP contribution in [0.1, 0.15) is 5.56 Å². The lowest BCUT2D eigenvalue weighted by Crippen LogP contribution is -2.45. The lowest BCUT2D eigenvalue weighted by molar-refractivity contribution is 0.250. The fourth-order valence-corrected chi connectivity index (χ4v) is 2.96. The molecule has 2 aromatic rings. The Bertz CT molecular complexity index is 569. The Kier molecular flexibility index (Phi) is 4.64. The summed E-state index contributed by atoms with van der Waals surface area (Å²) in [5, 5.41) is 0. The van der Waals surface area contributed by atoms with Gasteiger partial charge in [-0.2, -0.15) is 0 Å². The van der Waals surface area contributed by atoms with Gasteiger partial charge in [-0.15, -0.1) is 0 Å². The molecule has 1 saturated heterocycles.